The number of piperazine rings is 1. The summed E-state index contributed by atoms with van der Waals surface area (Å²) in [6, 6.07) is 0. The van der Waals surface area contributed by atoms with E-state index in [0.717, 1.165) is 26.2 Å². The van der Waals surface area contributed by atoms with Crippen LogP contribution in [0.5, 0.6) is 0 Å². The van der Waals surface area contributed by atoms with Gasteiger partial charge in [-0.2, -0.15) is 0 Å². The zero-order valence-electron chi connectivity index (χ0n) is 10.5. The van der Waals surface area contributed by atoms with E-state index in [1.807, 2.05) is 20.8 Å². The monoisotopic (exact) mass is 215 g/mol. The van der Waals surface area contributed by atoms with Crippen LogP contribution in [-0.2, 0) is 4.74 Å². The molecule has 0 saturated carbocycles. The van der Waals surface area contributed by atoms with Crippen molar-refractivity contribution in [3.8, 4) is 0 Å². The molecule has 1 aliphatic heterocycles. The SMILES string of the molecule is C/C(N)=C/OCN1CCN(C)CC1.CC. The lowest BCUT2D eigenvalue weighted by atomic mass is 10.3. The van der Waals surface area contributed by atoms with Gasteiger partial charge >= 0.3 is 0 Å². The molecule has 1 aliphatic rings. The van der Waals surface area contributed by atoms with E-state index in [9.17, 15) is 0 Å². The van der Waals surface area contributed by atoms with Gasteiger partial charge in [0.05, 0.1) is 0 Å². The predicted molar refractivity (Wildman–Crippen MR) is 64.3 cm³/mol. The molecule has 0 aromatic heterocycles. The van der Waals surface area contributed by atoms with Crippen LogP contribution in [0, 0.1) is 0 Å². The highest BCUT2D eigenvalue weighted by Gasteiger charge is 2.12. The lowest BCUT2D eigenvalue weighted by Gasteiger charge is -2.31. The molecule has 15 heavy (non-hydrogen) atoms. The van der Waals surface area contributed by atoms with Crippen LogP contribution in [0.25, 0.3) is 0 Å². The lowest BCUT2D eigenvalue weighted by molar-refractivity contribution is 0.0515. The Bertz CT molecular complexity index is 171. The maximum absolute atomic E-state index is 5.44. The Balaban J connectivity index is 0.000000921. The summed E-state index contributed by atoms with van der Waals surface area (Å²) >= 11 is 0. The second kappa shape index (κ2) is 8.56. The van der Waals surface area contributed by atoms with E-state index in [2.05, 4.69) is 16.8 Å². The molecule has 0 bridgehead atoms. The van der Waals surface area contributed by atoms with E-state index in [0.29, 0.717) is 12.4 Å². The van der Waals surface area contributed by atoms with Crippen LogP contribution >= 0.6 is 0 Å². The van der Waals surface area contributed by atoms with Gasteiger partial charge in [0.1, 0.15) is 13.0 Å². The summed E-state index contributed by atoms with van der Waals surface area (Å²) in [5, 5.41) is 0. The molecule has 0 atom stereocenters. The van der Waals surface area contributed by atoms with E-state index in [1.165, 1.54) is 0 Å². The van der Waals surface area contributed by atoms with Gasteiger partial charge < -0.3 is 15.4 Å². The molecule has 1 fully saturated rings. The molecular formula is C11H25N3O. The van der Waals surface area contributed by atoms with Crippen molar-refractivity contribution in [3.63, 3.8) is 0 Å². The van der Waals surface area contributed by atoms with Gasteiger partial charge in [-0.15, -0.1) is 0 Å². The highest BCUT2D eigenvalue weighted by Crippen LogP contribution is 1.99. The summed E-state index contributed by atoms with van der Waals surface area (Å²) in [6.45, 7) is 10.9. The zero-order valence-corrected chi connectivity index (χ0v) is 10.5. The van der Waals surface area contributed by atoms with Crippen LogP contribution in [0.3, 0.4) is 0 Å². The van der Waals surface area contributed by atoms with Gasteiger partial charge in [-0.05, 0) is 14.0 Å². The van der Waals surface area contributed by atoms with Gasteiger partial charge in [-0.3, -0.25) is 4.90 Å². The molecule has 1 heterocycles. The molecule has 0 unspecified atom stereocenters. The molecule has 2 N–H and O–H groups in total. The normalized spacial score (nSPS) is 19.3. The third-order valence-electron chi connectivity index (χ3n) is 2.12. The summed E-state index contributed by atoms with van der Waals surface area (Å²) in [5.41, 5.74) is 6.16. The maximum Gasteiger partial charge on any atom is 0.141 e. The van der Waals surface area contributed by atoms with Crippen LogP contribution in [0.15, 0.2) is 12.0 Å². The summed E-state index contributed by atoms with van der Waals surface area (Å²) in [4.78, 5) is 4.60. The van der Waals surface area contributed by atoms with E-state index in [1.54, 1.807) is 6.26 Å². The Hall–Kier alpha value is -0.740. The second-order valence-electron chi connectivity index (χ2n) is 3.58. The molecule has 0 radical (unpaired) electrons. The first-order valence-electron chi connectivity index (χ1n) is 5.63. The maximum atomic E-state index is 5.44. The van der Waals surface area contributed by atoms with Crippen LogP contribution in [0.4, 0.5) is 0 Å². The fourth-order valence-electron chi connectivity index (χ4n) is 1.25. The summed E-state index contributed by atoms with van der Waals surface area (Å²) in [6.07, 6.45) is 1.61. The minimum absolute atomic E-state index is 0.655. The molecule has 0 spiro atoms. The van der Waals surface area contributed by atoms with Crippen molar-refractivity contribution >= 4 is 0 Å². The summed E-state index contributed by atoms with van der Waals surface area (Å²) in [5.74, 6) is 0. The van der Waals surface area contributed by atoms with Crippen molar-refractivity contribution in [3.05, 3.63) is 12.0 Å². The molecule has 0 aliphatic carbocycles. The molecule has 4 nitrogen and oxygen atoms in total. The minimum Gasteiger partial charge on any atom is -0.484 e. The zero-order chi connectivity index (χ0) is 11.7. The Morgan fingerprint density at radius 3 is 2.27 bits per heavy atom. The number of nitrogens with two attached hydrogens (primary N) is 1. The molecule has 1 saturated heterocycles. The number of nitrogens with zero attached hydrogens (tertiary/aromatic N) is 2. The number of ether oxygens (including phenoxy) is 1. The highest BCUT2D eigenvalue weighted by atomic mass is 16.5. The Morgan fingerprint density at radius 1 is 1.27 bits per heavy atom. The van der Waals surface area contributed by atoms with Gasteiger partial charge in [0, 0.05) is 31.9 Å². The Morgan fingerprint density at radius 2 is 1.80 bits per heavy atom. The molecule has 4 heteroatoms. The van der Waals surface area contributed by atoms with Crippen LogP contribution < -0.4 is 5.73 Å². The first-order valence-corrected chi connectivity index (χ1v) is 5.63. The Labute approximate surface area is 93.7 Å². The predicted octanol–water partition coefficient (Wildman–Crippen LogP) is 1.05. The van der Waals surface area contributed by atoms with E-state index in [-0.39, 0.29) is 0 Å². The van der Waals surface area contributed by atoms with Crippen molar-refractivity contribution < 1.29 is 4.74 Å². The first-order chi connectivity index (χ1) is 7.18. The Kier molecular flexibility index (Phi) is 8.14. The van der Waals surface area contributed by atoms with E-state index in [4.69, 9.17) is 10.5 Å². The largest absolute Gasteiger partial charge is 0.484 e. The average molecular weight is 215 g/mol. The van der Waals surface area contributed by atoms with Gasteiger partial charge in [0.2, 0.25) is 0 Å². The first kappa shape index (κ1) is 14.3. The summed E-state index contributed by atoms with van der Waals surface area (Å²) < 4.78 is 5.29. The third-order valence-corrected chi connectivity index (χ3v) is 2.12. The number of rotatable bonds is 3. The van der Waals surface area contributed by atoms with Crippen LogP contribution in [0.1, 0.15) is 20.8 Å². The molecule has 0 aromatic carbocycles. The average Bonchev–Trinajstić information content (AvgIpc) is 2.23. The molecule has 90 valence electrons. The summed E-state index contributed by atoms with van der Waals surface area (Å²) in [7, 11) is 2.14. The fourth-order valence-corrected chi connectivity index (χ4v) is 1.25. The smallest absolute Gasteiger partial charge is 0.141 e. The van der Waals surface area contributed by atoms with Gasteiger partial charge in [-0.1, -0.05) is 13.8 Å². The minimum atomic E-state index is 0.655. The van der Waals surface area contributed by atoms with E-state index >= 15 is 0 Å². The number of hydrogen-bond donors (Lipinski definition) is 1. The van der Waals surface area contributed by atoms with Gasteiger partial charge in [0.15, 0.2) is 0 Å². The van der Waals surface area contributed by atoms with Crippen molar-refractivity contribution in [2.24, 2.45) is 5.73 Å². The van der Waals surface area contributed by atoms with Crippen LogP contribution in [-0.4, -0.2) is 49.8 Å². The quantitative estimate of drug-likeness (QED) is 0.715. The van der Waals surface area contributed by atoms with Gasteiger partial charge in [-0.25, -0.2) is 0 Å². The topological polar surface area (TPSA) is 41.7 Å². The van der Waals surface area contributed by atoms with Crippen molar-refractivity contribution in [2.75, 3.05) is 40.0 Å². The van der Waals surface area contributed by atoms with E-state index < -0.39 is 0 Å². The molecule has 1 rings (SSSR count). The van der Waals surface area contributed by atoms with Crippen molar-refractivity contribution in [1.82, 2.24) is 9.80 Å². The number of allylic oxidation sites excluding steroid dienone is 1. The molecule has 0 amide bonds. The van der Waals surface area contributed by atoms with Crippen LogP contribution in [0.2, 0.25) is 0 Å². The number of likely N-dealkylation sites (N-methyl/N-ethyl adjacent to an activating group) is 1. The van der Waals surface area contributed by atoms with Crippen molar-refractivity contribution in [1.29, 1.82) is 0 Å². The lowest BCUT2D eigenvalue weighted by Crippen LogP contribution is -2.44. The third kappa shape index (κ3) is 7.22. The molecular weight excluding hydrogens is 190 g/mol. The standard InChI is InChI=1S/C9H19N3O.C2H6/c1-9(10)7-13-8-12-5-3-11(2)4-6-12;1-2/h7H,3-6,8,10H2,1-2H3;1-2H3/b9-7-;. The van der Waals surface area contributed by atoms with Crippen molar-refractivity contribution in [2.45, 2.75) is 20.8 Å². The second-order valence-corrected chi connectivity index (χ2v) is 3.58. The fraction of sp³-hybridized carbons (Fsp3) is 0.818. The highest BCUT2D eigenvalue weighted by molar-refractivity contribution is 4.84. The number of hydrogen-bond acceptors (Lipinski definition) is 4. The van der Waals surface area contributed by atoms with Gasteiger partial charge in [0.25, 0.3) is 0 Å². The molecule has 0 aromatic rings.